The number of nitrogens with zero attached hydrogens (tertiary/aromatic N) is 4. The van der Waals surface area contributed by atoms with E-state index in [4.69, 9.17) is 4.74 Å². The number of methoxy groups -OCH3 is 1. The summed E-state index contributed by atoms with van der Waals surface area (Å²) in [5.41, 5.74) is 1.81. The van der Waals surface area contributed by atoms with Gasteiger partial charge < -0.3 is 25.2 Å². The third-order valence-electron chi connectivity index (χ3n) is 5.16. The first-order valence-electron chi connectivity index (χ1n) is 10.7. The van der Waals surface area contributed by atoms with Crippen molar-refractivity contribution in [3.05, 3.63) is 35.4 Å². The first-order chi connectivity index (χ1) is 14.9. The molecule has 2 amide bonds. The summed E-state index contributed by atoms with van der Waals surface area (Å²) >= 11 is 0. The van der Waals surface area contributed by atoms with Crippen LogP contribution < -0.4 is 10.6 Å². The van der Waals surface area contributed by atoms with E-state index in [1.165, 1.54) is 0 Å². The molecule has 0 radical (unpaired) electrons. The van der Waals surface area contributed by atoms with Crippen molar-refractivity contribution in [3.63, 3.8) is 0 Å². The minimum Gasteiger partial charge on any atom is -0.383 e. The number of hydrogen-bond donors (Lipinski definition) is 2. The largest absolute Gasteiger partial charge is 0.383 e. The third kappa shape index (κ3) is 9.29. The maximum absolute atomic E-state index is 12.1. The molecule has 1 aliphatic heterocycles. The van der Waals surface area contributed by atoms with Crippen LogP contribution in [0.15, 0.2) is 29.3 Å². The van der Waals surface area contributed by atoms with Gasteiger partial charge in [-0.2, -0.15) is 0 Å². The van der Waals surface area contributed by atoms with Crippen molar-refractivity contribution in [2.75, 3.05) is 80.7 Å². The first-order valence-corrected chi connectivity index (χ1v) is 10.7. The number of carbonyl (C=O) groups is 2. The highest BCUT2D eigenvalue weighted by Crippen LogP contribution is 2.08. The summed E-state index contributed by atoms with van der Waals surface area (Å²) in [4.78, 5) is 34.5. The Balaban J connectivity index is 0.00000512. The molecule has 2 N–H and O–H groups in total. The maximum atomic E-state index is 12.1. The Bertz CT molecular complexity index is 751. The molecule has 180 valence electrons. The average Bonchev–Trinajstić information content (AvgIpc) is 2.77. The summed E-state index contributed by atoms with van der Waals surface area (Å²) in [6.07, 6.45) is 0.801. The second-order valence-electron chi connectivity index (χ2n) is 7.73. The van der Waals surface area contributed by atoms with Gasteiger partial charge in [0.25, 0.3) is 5.91 Å². The highest BCUT2D eigenvalue weighted by atomic mass is 127. The van der Waals surface area contributed by atoms with E-state index in [0.717, 1.165) is 50.7 Å². The average molecular weight is 560 g/mol. The molecule has 1 saturated heterocycles. The highest BCUT2D eigenvalue weighted by molar-refractivity contribution is 14.0. The number of halogens is 1. The number of hydrogen-bond acceptors (Lipinski definition) is 5. The summed E-state index contributed by atoms with van der Waals surface area (Å²) in [6, 6.07) is 7.75. The number of ether oxygens (including phenoxy) is 1. The van der Waals surface area contributed by atoms with Crippen molar-refractivity contribution in [3.8, 4) is 0 Å². The standard InChI is InChI=1S/C22H36N6O3.HI/c1-23-22(25-9-8-18-6-5-7-19(16-18)21(30)26(2)3)28-13-11-27(12-14-28)17-20(29)24-10-15-31-4;/h5-7,16H,8-15,17H2,1-4H3,(H,23,25)(H,24,29);1H. The minimum atomic E-state index is 0. The van der Waals surface area contributed by atoms with Gasteiger partial charge in [0.2, 0.25) is 5.91 Å². The zero-order valence-electron chi connectivity index (χ0n) is 19.6. The molecule has 1 aliphatic rings. The van der Waals surface area contributed by atoms with Gasteiger partial charge in [0.15, 0.2) is 5.96 Å². The Kier molecular flexibility index (Phi) is 13.2. The van der Waals surface area contributed by atoms with E-state index in [9.17, 15) is 9.59 Å². The number of aliphatic imine (C=N–C) groups is 1. The molecule has 1 aromatic rings. The fraction of sp³-hybridized carbons (Fsp3) is 0.591. The molecule has 0 atom stereocenters. The van der Waals surface area contributed by atoms with E-state index >= 15 is 0 Å². The Labute approximate surface area is 208 Å². The molecule has 32 heavy (non-hydrogen) atoms. The first kappa shape index (κ1) is 28.1. The van der Waals surface area contributed by atoms with Gasteiger partial charge in [0, 0.05) is 73.1 Å². The molecule has 2 rings (SSSR count). The lowest BCUT2D eigenvalue weighted by Crippen LogP contribution is -2.54. The Morgan fingerprint density at radius 3 is 2.47 bits per heavy atom. The predicted molar refractivity (Wildman–Crippen MR) is 138 cm³/mol. The van der Waals surface area contributed by atoms with Gasteiger partial charge >= 0.3 is 0 Å². The van der Waals surface area contributed by atoms with Gasteiger partial charge in [-0.25, -0.2) is 0 Å². The van der Waals surface area contributed by atoms with Crippen molar-refractivity contribution in [2.24, 2.45) is 4.99 Å². The zero-order chi connectivity index (χ0) is 22.6. The molecular weight excluding hydrogens is 523 g/mol. The Hall–Kier alpha value is -1.92. The summed E-state index contributed by atoms with van der Waals surface area (Å²) in [5.74, 6) is 0.906. The number of carbonyl (C=O) groups excluding carboxylic acids is 2. The smallest absolute Gasteiger partial charge is 0.253 e. The number of benzene rings is 1. The lowest BCUT2D eigenvalue weighted by molar-refractivity contribution is -0.122. The molecule has 0 unspecified atom stereocenters. The van der Waals surface area contributed by atoms with E-state index in [-0.39, 0.29) is 35.8 Å². The van der Waals surface area contributed by atoms with Gasteiger partial charge in [-0.05, 0) is 24.1 Å². The number of amides is 2. The quantitative estimate of drug-likeness (QED) is 0.198. The molecule has 0 spiro atoms. The van der Waals surface area contributed by atoms with Crippen LogP contribution in [0, 0.1) is 0 Å². The number of piperazine rings is 1. The van der Waals surface area contributed by atoms with Gasteiger partial charge in [-0.15, -0.1) is 24.0 Å². The van der Waals surface area contributed by atoms with Crippen molar-refractivity contribution in [1.29, 1.82) is 0 Å². The van der Waals surface area contributed by atoms with Crippen LogP contribution in [0.5, 0.6) is 0 Å². The monoisotopic (exact) mass is 560 g/mol. The Morgan fingerprint density at radius 2 is 1.84 bits per heavy atom. The lowest BCUT2D eigenvalue weighted by Gasteiger charge is -2.36. The maximum Gasteiger partial charge on any atom is 0.253 e. The molecular formula is C22H37IN6O3. The molecule has 0 saturated carbocycles. The van der Waals surface area contributed by atoms with Crippen molar-refractivity contribution in [1.82, 2.24) is 25.3 Å². The Morgan fingerprint density at radius 1 is 1.12 bits per heavy atom. The molecule has 0 bridgehead atoms. The van der Waals surface area contributed by atoms with Crippen molar-refractivity contribution >= 4 is 41.8 Å². The second kappa shape index (κ2) is 15.0. The van der Waals surface area contributed by atoms with Crippen LogP contribution in [0.3, 0.4) is 0 Å². The third-order valence-corrected chi connectivity index (χ3v) is 5.16. The second-order valence-corrected chi connectivity index (χ2v) is 7.73. The fourth-order valence-corrected chi connectivity index (χ4v) is 3.44. The number of rotatable bonds is 9. The van der Waals surface area contributed by atoms with E-state index < -0.39 is 0 Å². The van der Waals surface area contributed by atoms with Gasteiger partial charge in [-0.1, -0.05) is 12.1 Å². The molecule has 0 aromatic heterocycles. The summed E-state index contributed by atoms with van der Waals surface area (Å²) < 4.78 is 4.95. The van der Waals surface area contributed by atoms with Gasteiger partial charge in [0.1, 0.15) is 0 Å². The number of guanidine groups is 1. The number of nitrogens with one attached hydrogen (secondary N) is 2. The van der Waals surface area contributed by atoms with E-state index in [1.807, 2.05) is 24.3 Å². The normalized spacial score (nSPS) is 14.5. The van der Waals surface area contributed by atoms with E-state index in [0.29, 0.717) is 25.3 Å². The van der Waals surface area contributed by atoms with Crippen LogP contribution >= 0.6 is 24.0 Å². The van der Waals surface area contributed by atoms with E-state index in [2.05, 4.69) is 25.4 Å². The topological polar surface area (TPSA) is 89.5 Å². The van der Waals surface area contributed by atoms with Crippen LogP contribution in [0.1, 0.15) is 15.9 Å². The van der Waals surface area contributed by atoms with E-state index in [1.54, 1.807) is 33.2 Å². The van der Waals surface area contributed by atoms with Crippen LogP contribution in [-0.2, 0) is 16.0 Å². The predicted octanol–water partition coefficient (Wildman–Crippen LogP) is 0.505. The molecule has 0 aliphatic carbocycles. The van der Waals surface area contributed by atoms with Gasteiger partial charge in [-0.3, -0.25) is 19.5 Å². The molecule has 10 heteroatoms. The summed E-state index contributed by atoms with van der Waals surface area (Å²) in [6.45, 7) is 5.46. The minimum absolute atomic E-state index is 0. The van der Waals surface area contributed by atoms with Crippen molar-refractivity contribution < 1.29 is 14.3 Å². The fourth-order valence-electron chi connectivity index (χ4n) is 3.44. The van der Waals surface area contributed by atoms with Crippen LogP contribution in [0.4, 0.5) is 0 Å². The molecule has 1 heterocycles. The van der Waals surface area contributed by atoms with Crippen LogP contribution in [0.2, 0.25) is 0 Å². The summed E-state index contributed by atoms with van der Waals surface area (Å²) in [7, 11) is 6.92. The molecule has 1 fully saturated rings. The van der Waals surface area contributed by atoms with Gasteiger partial charge in [0.05, 0.1) is 13.2 Å². The van der Waals surface area contributed by atoms with Crippen LogP contribution in [-0.4, -0.2) is 113 Å². The van der Waals surface area contributed by atoms with Crippen LogP contribution in [0.25, 0.3) is 0 Å². The highest BCUT2D eigenvalue weighted by Gasteiger charge is 2.21. The molecule has 1 aromatic carbocycles. The SMILES string of the molecule is CN=C(NCCc1cccc(C(=O)N(C)C)c1)N1CCN(CC(=O)NCCOC)CC1.I. The summed E-state index contributed by atoms with van der Waals surface area (Å²) in [5, 5.41) is 6.28. The van der Waals surface area contributed by atoms with Crippen molar-refractivity contribution in [2.45, 2.75) is 6.42 Å². The molecule has 9 nitrogen and oxygen atoms in total. The zero-order valence-corrected chi connectivity index (χ0v) is 21.9. The lowest BCUT2D eigenvalue weighted by atomic mass is 10.1.